The lowest BCUT2D eigenvalue weighted by molar-refractivity contribution is 0.0946. The summed E-state index contributed by atoms with van der Waals surface area (Å²) in [4.78, 5) is 12.0. The molecule has 7 heteroatoms. The van der Waals surface area contributed by atoms with Crippen molar-refractivity contribution in [1.29, 1.82) is 0 Å². The van der Waals surface area contributed by atoms with Gasteiger partial charge in [-0.25, -0.2) is 0 Å². The molecule has 1 amide bonds. The topological polar surface area (TPSA) is 88.7 Å². The average molecular weight is 271 g/mol. The molecule has 7 nitrogen and oxygen atoms in total. The van der Waals surface area contributed by atoms with E-state index in [2.05, 4.69) is 20.6 Å². The summed E-state index contributed by atoms with van der Waals surface area (Å²) < 4.78 is 6.92. The van der Waals surface area contributed by atoms with Gasteiger partial charge in [0.1, 0.15) is 5.69 Å². The van der Waals surface area contributed by atoms with Crippen molar-refractivity contribution in [1.82, 2.24) is 25.3 Å². The van der Waals surface area contributed by atoms with Crippen LogP contribution in [0.5, 0.6) is 0 Å². The minimum Gasteiger partial charge on any atom is -0.463 e. The van der Waals surface area contributed by atoms with Crippen LogP contribution < -0.4 is 5.32 Å². The van der Waals surface area contributed by atoms with Crippen LogP contribution in [0.4, 0.5) is 0 Å². The van der Waals surface area contributed by atoms with Gasteiger partial charge in [0, 0.05) is 31.4 Å². The van der Waals surface area contributed by atoms with Gasteiger partial charge in [-0.05, 0) is 12.1 Å². The first kappa shape index (κ1) is 12.2. The SMILES string of the molecule is Cn1cc(CNC(=O)c2cc(-c3ccco3)[nH]n2)cn1. The van der Waals surface area contributed by atoms with E-state index in [-0.39, 0.29) is 5.91 Å². The Morgan fingerprint density at radius 1 is 1.55 bits per heavy atom. The Morgan fingerprint density at radius 3 is 3.15 bits per heavy atom. The van der Waals surface area contributed by atoms with Gasteiger partial charge >= 0.3 is 0 Å². The maximum absolute atomic E-state index is 12.0. The predicted octanol–water partition coefficient (Wildman–Crippen LogP) is 1.33. The summed E-state index contributed by atoms with van der Waals surface area (Å²) in [5.41, 5.74) is 1.92. The van der Waals surface area contributed by atoms with E-state index < -0.39 is 0 Å². The second kappa shape index (κ2) is 5.04. The smallest absolute Gasteiger partial charge is 0.272 e. The van der Waals surface area contributed by atoms with Crippen LogP contribution in [-0.4, -0.2) is 25.9 Å². The number of carbonyl (C=O) groups excluding carboxylic acids is 1. The lowest BCUT2D eigenvalue weighted by atomic mass is 10.3. The van der Waals surface area contributed by atoms with Crippen LogP contribution in [0.1, 0.15) is 16.1 Å². The Balaban J connectivity index is 1.65. The number of nitrogens with one attached hydrogen (secondary N) is 2. The lowest BCUT2D eigenvalue weighted by Crippen LogP contribution is -2.22. The number of rotatable bonds is 4. The number of aromatic amines is 1. The van der Waals surface area contributed by atoms with Crippen molar-refractivity contribution in [3.63, 3.8) is 0 Å². The van der Waals surface area contributed by atoms with E-state index in [1.165, 1.54) is 0 Å². The Morgan fingerprint density at radius 2 is 2.45 bits per heavy atom. The number of furan rings is 1. The van der Waals surface area contributed by atoms with Crippen LogP contribution in [0.25, 0.3) is 11.5 Å². The molecule has 0 atom stereocenters. The van der Waals surface area contributed by atoms with Crippen LogP contribution in [-0.2, 0) is 13.6 Å². The third kappa shape index (κ3) is 2.46. The highest BCUT2D eigenvalue weighted by atomic mass is 16.3. The molecule has 3 aromatic heterocycles. The monoisotopic (exact) mass is 271 g/mol. The van der Waals surface area contributed by atoms with Gasteiger partial charge in [-0.1, -0.05) is 0 Å². The minimum absolute atomic E-state index is 0.247. The second-order valence-corrected chi connectivity index (χ2v) is 4.35. The number of hydrogen-bond acceptors (Lipinski definition) is 4. The Bertz CT molecular complexity index is 711. The summed E-state index contributed by atoms with van der Waals surface area (Å²) in [5, 5.41) is 13.6. The lowest BCUT2D eigenvalue weighted by Gasteiger charge is -1.99. The molecule has 0 aliphatic rings. The highest BCUT2D eigenvalue weighted by molar-refractivity contribution is 5.93. The van der Waals surface area contributed by atoms with E-state index in [0.717, 1.165) is 5.56 Å². The van der Waals surface area contributed by atoms with Gasteiger partial charge in [0.05, 0.1) is 12.5 Å². The van der Waals surface area contributed by atoms with Gasteiger partial charge in [-0.3, -0.25) is 14.6 Å². The van der Waals surface area contributed by atoms with Crippen molar-refractivity contribution >= 4 is 5.91 Å². The molecule has 2 N–H and O–H groups in total. The number of aryl methyl sites for hydroxylation is 1. The van der Waals surface area contributed by atoms with Crippen LogP contribution in [0.15, 0.2) is 41.3 Å². The molecular weight excluding hydrogens is 258 g/mol. The van der Waals surface area contributed by atoms with Crippen molar-refractivity contribution in [3.8, 4) is 11.5 Å². The van der Waals surface area contributed by atoms with E-state index in [0.29, 0.717) is 23.7 Å². The van der Waals surface area contributed by atoms with Crippen molar-refractivity contribution in [2.45, 2.75) is 6.54 Å². The molecule has 3 rings (SSSR count). The largest absolute Gasteiger partial charge is 0.463 e. The zero-order valence-electron chi connectivity index (χ0n) is 10.8. The fourth-order valence-corrected chi connectivity index (χ4v) is 1.83. The third-order valence-corrected chi connectivity index (χ3v) is 2.81. The van der Waals surface area contributed by atoms with Gasteiger partial charge < -0.3 is 9.73 Å². The normalized spacial score (nSPS) is 10.7. The Kier molecular flexibility index (Phi) is 3.08. The van der Waals surface area contributed by atoms with Gasteiger partial charge in [-0.2, -0.15) is 10.2 Å². The van der Waals surface area contributed by atoms with Crippen LogP contribution >= 0.6 is 0 Å². The molecule has 102 valence electrons. The van der Waals surface area contributed by atoms with Crippen LogP contribution in [0, 0.1) is 0 Å². The molecule has 0 aliphatic heterocycles. The summed E-state index contributed by atoms with van der Waals surface area (Å²) in [6.45, 7) is 0.412. The fourth-order valence-electron chi connectivity index (χ4n) is 1.83. The molecule has 3 aromatic rings. The average Bonchev–Trinajstić information content (AvgIpc) is 3.16. The second-order valence-electron chi connectivity index (χ2n) is 4.35. The molecule has 0 saturated heterocycles. The number of H-pyrrole nitrogens is 1. The molecule has 0 radical (unpaired) electrons. The maximum Gasteiger partial charge on any atom is 0.272 e. The van der Waals surface area contributed by atoms with Gasteiger partial charge in [-0.15, -0.1) is 0 Å². The zero-order valence-corrected chi connectivity index (χ0v) is 10.8. The van der Waals surface area contributed by atoms with Gasteiger partial charge in [0.2, 0.25) is 0 Å². The van der Waals surface area contributed by atoms with Crippen molar-refractivity contribution in [3.05, 3.63) is 48.1 Å². The van der Waals surface area contributed by atoms with Crippen LogP contribution in [0.2, 0.25) is 0 Å². The van der Waals surface area contributed by atoms with E-state index in [1.54, 1.807) is 35.3 Å². The van der Waals surface area contributed by atoms with Gasteiger partial charge in [0.25, 0.3) is 5.91 Å². The molecule has 0 saturated carbocycles. The molecule has 0 aromatic carbocycles. The quantitative estimate of drug-likeness (QED) is 0.749. The maximum atomic E-state index is 12.0. The molecule has 0 unspecified atom stereocenters. The number of carbonyl (C=O) groups is 1. The molecule has 0 spiro atoms. The minimum atomic E-state index is -0.247. The zero-order chi connectivity index (χ0) is 13.9. The number of aromatic nitrogens is 4. The third-order valence-electron chi connectivity index (χ3n) is 2.81. The first-order chi connectivity index (χ1) is 9.72. The van der Waals surface area contributed by atoms with Crippen molar-refractivity contribution in [2.75, 3.05) is 0 Å². The fraction of sp³-hybridized carbons (Fsp3) is 0.154. The summed E-state index contributed by atoms with van der Waals surface area (Å²) in [7, 11) is 1.83. The highest BCUT2D eigenvalue weighted by Gasteiger charge is 2.12. The van der Waals surface area contributed by atoms with E-state index in [4.69, 9.17) is 4.42 Å². The summed E-state index contributed by atoms with van der Waals surface area (Å²) in [5.74, 6) is 0.395. The molecule has 3 heterocycles. The van der Waals surface area contributed by atoms with Gasteiger partial charge in [0.15, 0.2) is 11.5 Å². The molecule has 0 bridgehead atoms. The highest BCUT2D eigenvalue weighted by Crippen LogP contribution is 2.17. The Hall–Kier alpha value is -2.83. The van der Waals surface area contributed by atoms with E-state index in [1.807, 2.05) is 13.2 Å². The first-order valence-corrected chi connectivity index (χ1v) is 6.07. The number of amides is 1. The summed E-state index contributed by atoms with van der Waals surface area (Å²) in [6, 6.07) is 5.22. The van der Waals surface area contributed by atoms with E-state index in [9.17, 15) is 4.79 Å². The summed E-state index contributed by atoms with van der Waals surface area (Å²) in [6.07, 6.45) is 5.12. The first-order valence-electron chi connectivity index (χ1n) is 6.07. The van der Waals surface area contributed by atoms with Crippen LogP contribution in [0.3, 0.4) is 0 Å². The van der Waals surface area contributed by atoms with E-state index >= 15 is 0 Å². The molecule has 20 heavy (non-hydrogen) atoms. The van der Waals surface area contributed by atoms with Crippen molar-refractivity contribution in [2.24, 2.45) is 7.05 Å². The molecule has 0 fully saturated rings. The number of nitrogens with zero attached hydrogens (tertiary/aromatic N) is 3. The number of hydrogen-bond donors (Lipinski definition) is 2. The molecule has 0 aliphatic carbocycles. The standard InChI is InChI=1S/C13H13N5O2/c1-18-8-9(7-15-18)6-14-13(19)11-5-10(16-17-11)12-3-2-4-20-12/h2-5,7-8H,6H2,1H3,(H,14,19)(H,16,17). The molecular formula is C13H13N5O2. The predicted molar refractivity (Wildman–Crippen MR) is 70.7 cm³/mol. The summed E-state index contributed by atoms with van der Waals surface area (Å²) >= 11 is 0. The Labute approximate surface area is 114 Å². The van der Waals surface area contributed by atoms with Crippen molar-refractivity contribution < 1.29 is 9.21 Å².